The highest BCUT2D eigenvalue weighted by atomic mass is 16.7. The molecule has 0 saturated heterocycles. The number of hydrogen-bond acceptors (Lipinski definition) is 4. The van der Waals surface area contributed by atoms with E-state index in [0.29, 0.717) is 6.04 Å². The van der Waals surface area contributed by atoms with E-state index in [1.165, 1.54) is 37.8 Å². The van der Waals surface area contributed by atoms with Crippen molar-refractivity contribution in [2.45, 2.75) is 52.0 Å². The first-order chi connectivity index (χ1) is 12.6. The van der Waals surface area contributed by atoms with Gasteiger partial charge in [-0.2, -0.15) is 0 Å². The number of fused-ring (bicyclic) bond motifs is 1. The van der Waals surface area contributed by atoms with Gasteiger partial charge in [0.1, 0.15) is 0 Å². The number of rotatable bonds is 5. The maximum atomic E-state index is 12.8. The maximum Gasteiger partial charge on any atom is 0.231 e. The number of Topliss-reactive ketones (excluding diaryl/α,β-unsaturated/α-hetero) is 1. The Labute approximate surface area is 154 Å². The third kappa shape index (κ3) is 3.18. The molecule has 1 fully saturated rings. The van der Waals surface area contributed by atoms with Crippen LogP contribution in [0.5, 0.6) is 11.5 Å². The fourth-order valence-corrected chi connectivity index (χ4v) is 4.24. The monoisotopic (exact) mass is 354 g/mol. The van der Waals surface area contributed by atoms with Gasteiger partial charge in [0.05, 0.1) is 6.54 Å². The predicted octanol–water partition coefficient (Wildman–Crippen LogP) is 4.63. The minimum atomic E-state index is 0.123. The zero-order valence-electron chi connectivity index (χ0n) is 15.5. The van der Waals surface area contributed by atoms with Gasteiger partial charge in [0.15, 0.2) is 17.3 Å². The van der Waals surface area contributed by atoms with Crippen molar-refractivity contribution in [1.82, 2.24) is 4.57 Å². The SMILES string of the molecule is Cc1cc(C(=O)CNc2ccc3c(c2)OCO3)c(C)n1C1CCCCC1. The average Bonchev–Trinajstić information content (AvgIpc) is 3.24. The Morgan fingerprint density at radius 1 is 1.12 bits per heavy atom. The Balaban J connectivity index is 1.46. The van der Waals surface area contributed by atoms with Crippen molar-refractivity contribution in [1.29, 1.82) is 0 Å². The third-order valence-electron chi connectivity index (χ3n) is 5.55. The number of ether oxygens (including phenoxy) is 2. The molecule has 0 amide bonds. The smallest absolute Gasteiger partial charge is 0.231 e. The normalized spacial score (nSPS) is 16.7. The second-order valence-electron chi connectivity index (χ2n) is 7.29. The standard InChI is InChI=1S/C21H26N2O3/c1-14-10-18(15(2)23(14)17-6-4-3-5-7-17)19(24)12-22-16-8-9-20-21(11-16)26-13-25-20/h8-11,17,22H,3-7,12-13H2,1-2H3. The molecule has 4 rings (SSSR count). The van der Waals surface area contributed by atoms with Crippen molar-refractivity contribution < 1.29 is 14.3 Å². The van der Waals surface area contributed by atoms with Crippen molar-refractivity contribution in [3.63, 3.8) is 0 Å². The molecule has 1 aromatic heterocycles. The molecule has 0 radical (unpaired) electrons. The Bertz CT molecular complexity index is 819. The maximum absolute atomic E-state index is 12.8. The van der Waals surface area contributed by atoms with E-state index < -0.39 is 0 Å². The summed E-state index contributed by atoms with van der Waals surface area (Å²) in [6, 6.07) is 8.25. The molecule has 0 unspecified atom stereocenters. The zero-order valence-corrected chi connectivity index (χ0v) is 15.5. The Kier molecular flexibility index (Phi) is 4.62. The van der Waals surface area contributed by atoms with Gasteiger partial charge in [-0.15, -0.1) is 0 Å². The number of carbonyl (C=O) groups is 1. The summed E-state index contributed by atoms with van der Waals surface area (Å²) in [5, 5.41) is 3.21. The van der Waals surface area contributed by atoms with E-state index in [0.717, 1.165) is 28.4 Å². The van der Waals surface area contributed by atoms with Crippen molar-refractivity contribution >= 4 is 11.5 Å². The molecule has 1 aromatic carbocycles. The molecule has 5 heteroatoms. The number of aryl methyl sites for hydroxylation is 1. The summed E-state index contributed by atoms with van der Waals surface area (Å²) in [5.41, 5.74) is 4.00. The van der Waals surface area contributed by atoms with Crippen LogP contribution in [0, 0.1) is 13.8 Å². The lowest BCUT2D eigenvalue weighted by atomic mass is 9.95. The van der Waals surface area contributed by atoms with Crippen LogP contribution in [-0.2, 0) is 0 Å². The van der Waals surface area contributed by atoms with Gasteiger partial charge in [0.2, 0.25) is 6.79 Å². The third-order valence-corrected chi connectivity index (χ3v) is 5.55. The molecule has 0 atom stereocenters. The van der Waals surface area contributed by atoms with Crippen LogP contribution in [-0.4, -0.2) is 23.7 Å². The highest BCUT2D eigenvalue weighted by Crippen LogP contribution is 2.34. The molecule has 1 aliphatic heterocycles. The molecule has 2 heterocycles. The molecule has 0 bridgehead atoms. The van der Waals surface area contributed by atoms with E-state index in [4.69, 9.17) is 9.47 Å². The van der Waals surface area contributed by atoms with Crippen molar-refractivity contribution in [3.8, 4) is 11.5 Å². The predicted molar refractivity (Wildman–Crippen MR) is 101 cm³/mol. The van der Waals surface area contributed by atoms with E-state index in [-0.39, 0.29) is 19.1 Å². The van der Waals surface area contributed by atoms with Crippen LogP contribution in [0.1, 0.15) is 59.9 Å². The lowest BCUT2D eigenvalue weighted by Gasteiger charge is -2.26. The lowest BCUT2D eigenvalue weighted by molar-refractivity contribution is 0.100. The molecule has 1 aliphatic carbocycles. The quantitative estimate of drug-likeness (QED) is 0.795. The summed E-state index contributed by atoms with van der Waals surface area (Å²) in [5.74, 6) is 1.59. The van der Waals surface area contributed by atoms with Gasteiger partial charge in [0, 0.05) is 34.7 Å². The van der Waals surface area contributed by atoms with Crippen LogP contribution in [0.3, 0.4) is 0 Å². The number of hydrogen-bond donors (Lipinski definition) is 1. The largest absolute Gasteiger partial charge is 0.454 e. The first-order valence-corrected chi connectivity index (χ1v) is 9.48. The van der Waals surface area contributed by atoms with Gasteiger partial charge in [-0.3, -0.25) is 4.79 Å². The minimum absolute atomic E-state index is 0.123. The average molecular weight is 354 g/mol. The molecule has 2 aromatic rings. The number of carbonyl (C=O) groups excluding carboxylic acids is 1. The van der Waals surface area contributed by atoms with E-state index in [9.17, 15) is 4.79 Å². The molecule has 26 heavy (non-hydrogen) atoms. The van der Waals surface area contributed by atoms with Crippen molar-refractivity contribution in [3.05, 3.63) is 41.2 Å². The van der Waals surface area contributed by atoms with E-state index in [1.807, 2.05) is 24.3 Å². The van der Waals surface area contributed by atoms with Gasteiger partial charge in [-0.1, -0.05) is 19.3 Å². The summed E-state index contributed by atoms with van der Waals surface area (Å²) >= 11 is 0. The highest BCUT2D eigenvalue weighted by Gasteiger charge is 2.22. The van der Waals surface area contributed by atoms with Crippen LogP contribution in [0.4, 0.5) is 5.69 Å². The summed E-state index contributed by atoms with van der Waals surface area (Å²) in [6.45, 7) is 4.72. The molecule has 138 valence electrons. The molecule has 1 saturated carbocycles. The van der Waals surface area contributed by atoms with Crippen molar-refractivity contribution in [2.75, 3.05) is 18.7 Å². The second-order valence-corrected chi connectivity index (χ2v) is 7.29. The second kappa shape index (κ2) is 7.06. The first kappa shape index (κ1) is 17.0. The number of anilines is 1. The Morgan fingerprint density at radius 2 is 1.88 bits per heavy atom. The van der Waals surface area contributed by atoms with Crippen LogP contribution < -0.4 is 14.8 Å². The van der Waals surface area contributed by atoms with Crippen LogP contribution in [0.2, 0.25) is 0 Å². The van der Waals surface area contributed by atoms with Gasteiger partial charge in [-0.05, 0) is 44.9 Å². The Morgan fingerprint density at radius 3 is 2.69 bits per heavy atom. The van der Waals surface area contributed by atoms with Crippen LogP contribution in [0.15, 0.2) is 24.3 Å². The van der Waals surface area contributed by atoms with Gasteiger partial charge in [0.25, 0.3) is 0 Å². The zero-order chi connectivity index (χ0) is 18.1. The summed E-state index contributed by atoms with van der Waals surface area (Å²) in [7, 11) is 0. The van der Waals surface area contributed by atoms with Crippen LogP contribution >= 0.6 is 0 Å². The van der Waals surface area contributed by atoms with Gasteiger partial charge < -0.3 is 19.4 Å². The number of nitrogens with zero attached hydrogens (tertiary/aromatic N) is 1. The summed E-state index contributed by atoms with van der Waals surface area (Å²) in [4.78, 5) is 12.8. The molecular formula is C21H26N2O3. The molecule has 5 nitrogen and oxygen atoms in total. The first-order valence-electron chi connectivity index (χ1n) is 9.48. The van der Waals surface area contributed by atoms with Crippen molar-refractivity contribution in [2.24, 2.45) is 0 Å². The Hall–Kier alpha value is -2.43. The lowest BCUT2D eigenvalue weighted by Crippen LogP contribution is -2.17. The number of aromatic nitrogens is 1. The topological polar surface area (TPSA) is 52.5 Å². The highest BCUT2D eigenvalue weighted by molar-refractivity contribution is 6.00. The van der Waals surface area contributed by atoms with E-state index in [2.05, 4.69) is 23.7 Å². The molecule has 2 aliphatic rings. The molecule has 1 N–H and O–H groups in total. The summed E-state index contributed by atoms with van der Waals surface area (Å²) < 4.78 is 13.1. The van der Waals surface area contributed by atoms with Gasteiger partial charge in [-0.25, -0.2) is 0 Å². The number of benzene rings is 1. The minimum Gasteiger partial charge on any atom is -0.454 e. The van der Waals surface area contributed by atoms with E-state index in [1.54, 1.807) is 0 Å². The summed E-state index contributed by atoms with van der Waals surface area (Å²) in [6.07, 6.45) is 6.35. The van der Waals surface area contributed by atoms with E-state index >= 15 is 0 Å². The van der Waals surface area contributed by atoms with Crippen LogP contribution in [0.25, 0.3) is 0 Å². The molecule has 0 spiro atoms. The molecular weight excluding hydrogens is 328 g/mol. The fraction of sp³-hybridized carbons (Fsp3) is 0.476. The fourth-order valence-electron chi connectivity index (χ4n) is 4.24. The number of ketones is 1. The van der Waals surface area contributed by atoms with Gasteiger partial charge >= 0.3 is 0 Å². The number of nitrogens with one attached hydrogen (secondary N) is 1.